The van der Waals surface area contributed by atoms with Gasteiger partial charge in [-0.15, -0.1) is 0 Å². The summed E-state index contributed by atoms with van der Waals surface area (Å²) >= 11 is 0. The Labute approximate surface area is 143 Å². The average molecular weight is 332 g/mol. The number of ether oxygens (including phenoxy) is 3. The average Bonchev–Trinajstić information content (AvgIpc) is 3.45. The monoisotopic (exact) mass is 332 g/mol. The summed E-state index contributed by atoms with van der Waals surface area (Å²) in [5, 5.41) is 0. The molecule has 2 rings (SSSR count). The first-order valence-corrected chi connectivity index (χ1v) is 7.36. The van der Waals surface area contributed by atoms with E-state index in [1.54, 1.807) is 0 Å². The Hall–Kier alpha value is -2.66. The quantitative estimate of drug-likeness (QED) is 0.471. The predicted molar refractivity (Wildman–Crippen MR) is 94.3 cm³/mol. The minimum absolute atomic E-state index is 0.147. The van der Waals surface area contributed by atoms with Crippen molar-refractivity contribution in [2.45, 2.75) is 13.0 Å². The van der Waals surface area contributed by atoms with E-state index in [0.29, 0.717) is 13.2 Å². The second-order valence-corrected chi connectivity index (χ2v) is 4.43. The first-order chi connectivity index (χ1) is 11.6. The second-order valence-electron chi connectivity index (χ2n) is 4.43. The van der Waals surface area contributed by atoms with E-state index >= 15 is 0 Å². The molecule has 0 N–H and O–H groups in total. The molecule has 1 heterocycles. The van der Waals surface area contributed by atoms with Crippen molar-refractivity contribution in [3.05, 3.63) is 67.3 Å². The van der Waals surface area contributed by atoms with Crippen molar-refractivity contribution in [2.24, 2.45) is 0 Å². The maximum absolute atomic E-state index is 10.3. The van der Waals surface area contributed by atoms with E-state index in [9.17, 15) is 9.59 Å². The highest BCUT2D eigenvalue weighted by Gasteiger charge is 2.23. The van der Waals surface area contributed by atoms with E-state index in [1.165, 1.54) is 12.7 Å². The van der Waals surface area contributed by atoms with E-state index in [1.807, 2.05) is 31.2 Å². The third kappa shape index (κ3) is 13.0. The highest BCUT2D eigenvalue weighted by atomic mass is 16.6. The minimum atomic E-state index is -0.394. The van der Waals surface area contributed by atoms with Crippen LogP contribution in [0.1, 0.15) is 12.5 Å². The van der Waals surface area contributed by atoms with E-state index in [-0.39, 0.29) is 12.1 Å². The van der Waals surface area contributed by atoms with Crippen molar-refractivity contribution in [2.75, 3.05) is 20.3 Å². The molecule has 0 amide bonds. The Balaban J connectivity index is 0.000000340. The van der Waals surface area contributed by atoms with Gasteiger partial charge in [0.05, 0.1) is 13.7 Å². The summed E-state index contributed by atoms with van der Waals surface area (Å²) in [6.07, 6.45) is 6.52. The summed E-state index contributed by atoms with van der Waals surface area (Å²) in [5.74, 6) is -0.777. The highest BCUT2D eigenvalue weighted by Crippen LogP contribution is 2.08. The molecule has 1 aliphatic heterocycles. The van der Waals surface area contributed by atoms with Crippen LogP contribution in [0.4, 0.5) is 0 Å². The van der Waals surface area contributed by atoms with Crippen LogP contribution in [0.2, 0.25) is 0 Å². The Kier molecular flexibility index (Phi) is 12.4. The number of allylic oxidation sites excluding steroid dienone is 1. The van der Waals surface area contributed by atoms with E-state index in [0.717, 1.165) is 12.2 Å². The fourth-order valence-electron chi connectivity index (χ4n) is 1.24. The van der Waals surface area contributed by atoms with Crippen LogP contribution in [0.5, 0.6) is 0 Å². The van der Waals surface area contributed by atoms with Crippen LogP contribution < -0.4 is 0 Å². The molecular formula is C19H24O5. The van der Waals surface area contributed by atoms with E-state index in [2.05, 4.69) is 40.8 Å². The second kappa shape index (κ2) is 14.0. The van der Waals surface area contributed by atoms with Crippen molar-refractivity contribution in [1.82, 2.24) is 0 Å². The van der Waals surface area contributed by atoms with Crippen molar-refractivity contribution in [1.29, 1.82) is 0 Å². The van der Waals surface area contributed by atoms with Gasteiger partial charge in [-0.3, -0.25) is 0 Å². The summed E-state index contributed by atoms with van der Waals surface area (Å²) in [7, 11) is 1.31. The number of benzene rings is 1. The van der Waals surface area contributed by atoms with Gasteiger partial charge in [0.2, 0.25) is 0 Å². The van der Waals surface area contributed by atoms with Crippen LogP contribution in [0.15, 0.2) is 61.7 Å². The number of esters is 2. The molecule has 1 aromatic rings. The van der Waals surface area contributed by atoms with Gasteiger partial charge in [-0.2, -0.15) is 0 Å². The molecule has 0 aliphatic carbocycles. The summed E-state index contributed by atoms with van der Waals surface area (Å²) < 4.78 is 13.6. The molecule has 1 unspecified atom stereocenters. The number of hydrogen-bond acceptors (Lipinski definition) is 5. The third-order valence-electron chi connectivity index (χ3n) is 2.51. The van der Waals surface area contributed by atoms with Gasteiger partial charge in [-0.25, -0.2) is 9.59 Å². The van der Waals surface area contributed by atoms with Gasteiger partial charge in [-0.05, 0) is 12.5 Å². The maximum atomic E-state index is 10.3. The smallest absolute Gasteiger partial charge is 0.330 e. The summed E-state index contributed by atoms with van der Waals surface area (Å²) in [4.78, 5) is 20.2. The molecule has 1 fully saturated rings. The van der Waals surface area contributed by atoms with Crippen molar-refractivity contribution in [3.63, 3.8) is 0 Å². The zero-order valence-corrected chi connectivity index (χ0v) is 14.1. The predicted octanol–water partition coefficient (Wildman–Crippen LogP) is 3.18. The van der Waals surface area contributed by atoms with Gasteiger partial charge in [0.1, 0.15) is 12.7 Å². The van der Waals surface area contributed by atoms with Gasteiger partial charge < -0.3 is 14.2 Å². The number of carbonyl (C=O) groups is 2. The molecule has 1 aliphatic rings. The van der Waals surface area contributed by atoms with Crippen LogP contribution in [0.3, 0.4) is 0 Å². The Morgan fingerprint density at radius 3 is 2.17 bits per heavy atom. The first-order valence-electron chi connectivity index (χ1n) is 7.36. The molecular weight excluding hydrogens is 308 g/mol. The van der Waals surface area contributed by atoms with Gasteiger partial charge in [0.25, 0.3) is 0 Å². The number of carbonyl (C=O) groups excluding carboxylic acids is 2. The van der Waals surface area contributed by atoms with Crippen LogP contribution in [-0.2, 0) is 23.8 Å². The molecule has 0 radical (unpaired) electrons. The molecule has 5 nitrogen and oxygen atoms in total. The molecule has 24 heavy (non-hydrogen) atoms. The van der Waals surface area contributed by atoms with Gasteiger partial charge in [-0.1, -0.05) is 55.6 Å². The number of rotatable bonds is 5. The van der Waals surface area contributed by atoms with Crippen LogP contribution in [0, 0.1) is 0 Å². The first kappa shape index (κ1) is 21.3. The topological polar surface area (TPSA) is 65.1 Å². The van der Waals surface area contributed by atoms with Crippen LogP contribution >= 0.6 is 0 Å². The molecule has 1 saturated heterocycles. The van der Waals surface area contributed by atoms with Crippen molar-refractivity contribution < 1.29 is 23.8 Å². The standard InChI is InChI=1S/C9H10.C6H8O3.C4H6O2/c1-2-6-9-7-4-3-5-8-9;1-2-6(7)9-4-5-3-8-5;1-3-4(5)6-2/h2-8H,1H3;2,5H,1,3-4H2;3H,1H2,2H3. The Bertz CT molecular complexity index is 530. The van der Waals surface area contributed by atoms with Gasteiger partial charge in [0, 0.05) is 12.2 Å². The van der Waals surface area contributed by atoms with Gasteiger partial charge in [0.15, 0.2) is 0 Å². The van der Waals surface area contributed by atoms with Gasteiger partial charge >= 0.3 is 11.9 Å². The number of hydrogen-bond donors (Lipinski definition) is 0. The summed E-state index contributed by atoms with van der Waals surface area (Å²) in [5.41, 5.74) is 1.26. The zero-order chi connectivity index (χ0) is 18.2. The molecule has 1 atom stereocenters. The fraction of sp³-hybridized carbons (Fsp3) is 0.263. The fourth-order valence-corrected chi connectivity index (χ4v) is 1.24. The number of epoxide rings is 1. The lowest BCUT2D eigenvalue weighted by Gasteiger charge is -1.94. The molecule has 0 aromatic heterocycles. The van der Waals surface area contributed by atoms with Crippen LogP contribution in [-0.4, -0.2) is 38.4 Å². The summed E-state index contributed by atoms with van der Waals surface area (Å²) in [6, 6.07) is 10.3. The molecule has 130 valence electrons. The summed E-state index contributed by atoms with van der Waals surface area (Å²) in [6.45, 7) is 9.50. The lowest BCUT2D eigenvalue weighted by atomic mass is 10.2. The largest absolute Gasteiger partial charge is 0.466 e. The molecule has 0 spiro atoms. The molecule has 0 saturated carbocycles. The zero-order valence-electron chi connectivity index (χ0n) is 14.1. The Morgan fingerprint density at radius 2 is 1.79 bits per heavy atom. The third-order valence-corrected chi connectivity index (χ3v) is 2.51. The van der Waals surface area contributed by atoms with E-state index < -0.39 is 5.97 Å². The molecule has 5 heteroatoms. The normalized spacial score (nSPS) is 14.2. The van der Waals surface area contributed by atoms with Crippen LogP contribution in [0.25, 0.3) is 6.08 Å². The number of methoxy groups -OCH3 is 1. The lowest BCUT2D eigenvalue weighted by molar-refractivity contribution is -0.138. The van der Waals surface area contributed by atoms with Crippen molar-refractivity contribution in [3.8, 4) is 0 Å². The van der Waals surface area contributed by atoms with Crippen molar-refractivity contribution >= 4 is 18.0 Å². The minimum Gasteiger partial charge on any atom is -0.466 e. The maximum Gasteiger partial charge on any atom is 0.330 e. The molecule has 1 aromatic carbocycles. The highest BCUT2D eigenvalue weighted by molar-refractivity contribution is 5.81. The van der Waals surface area contributed by atoms with E-state index in [4.69, 9.17) is 4.74 Å². The lowest BCUT2D eigenvalue weighted by Crippen LogP contribution is -2.06. The SMILES string of the molecule is C=CC(=O)OC.C=CC(=O)OCC1CO1.CC=Cc1ccccc1. The Morgan fingerprint density at radius 1 is 1.21 bits per heavy atom. The molecule has 0 bridgehead atoms.